The summed E-state index contributed by atoms with van der Waals surface area (Å²) in [6.07, 6.45) is 10.0. The van der Waals surface area contributed by atoms with Crippen molar-refractivity contribution < 1.29 is 29.5 Å². The van der Waals surface area contributed by atoms with Crippen LogP contribution in [0.1, 0.15) is 133 Å². The highest BCUT2D eigenvalue weighted by Crippen LogP contribution is 2.23. The fourth-order valence-electron chi connectivity index (χ4n) is 2.51. The molecule has 0 aromatic carbocycles. The van der Waals surface area contributed by atoms with Gasteiger partial charge in [0.15, 0.2) is 0 Å². The van der Waals surface area contributed by atoms with E-state index in [1.54, 1.807) is 0 Å². The second-order valence-corrected chi connectivity index (χ2v) is 11.4. The third-order valence-electron chi connectivity index (χ3n) is 4.93. The Morgan fingerprint density at radius 1 is 0.677 bits per heavy atom. The molecule has 0 aromatic heterocycles. The maximum absolute atomic E-state index is 11.4. The van der Waals surface area contributed by atoms with Crippen molar-refractivity contribution in [1.82, 2.24) is 0 Å². The van der Waals surface area contributed by atoms with Crippen LogP contribution in [0.5, 0.6) is 0 Å². The zero-order valence-electron chi connectivity index (χ0n) is 21.8. The number of carbonyl (C=O) groups excluding carboxylic acids is 2. The third kappa shape index (κ3) is 26.8. The van der Waals surface area contributed by atoms with E-state index in [1.165, 1.54) is 12.8 Å². The summed E-state index contributed by atoms with van der Waals surface area (Å²) in [6.45, 7) is 19.1. The van der Waals surface area contributed by atoms with Gasteiger partial charge in [-0.2, -0.15) is 10.1 Å². The quantitative estimate of drug-likeness (QED) is 0.178. The zero-order valence-corrected chi connectivity index (χ0v) is 21.8. The molecule has 0 aliphatic rings. The first-order valence-electron chi connectivity index (χ1n) is 11.8. The van der Waals surface area contributed by atoms with Crippen molar-refractivity contribution in [2.45, 2.75) is 139 Å². The van der Waals surface area contributed by atoms with Crippen LogP contribution in [0.25, 0.3) is 0 Å². The minimum Gasteiger partial charge on any atom is -0.301 e. The van der Waals surface area contributed by atoms with E-state index in [1.807, 2.05) is 20.8 Å². The molecule has 0 unspecified atom stereocenters. The Kier molecular flexibility index (Phi) is 17.0. The van der Waals surface area contributed by atoms with Crippen LogP contribution >= 0.6 is 0 Å². The van der Waals surface area contributed by atoms with Crippen LogP contribution in [-0.4, -0.2) is 22.8 Å². The second kappa shape index (κ2) is 16.5. The number of rotatable bonds is 13. The molecule has 31 heavy (non-hydrogen) atoms. The zero-order chi connectivity index (χ0) is 24.6. The van der Waals surface area contributed by atoms with E-state index in [-0.39, 0.29) is 11.6 Å². The number of hydrogen-bond donors (Lipinski definition) is 1. The highest BCUT2D eigenvalue weighted by molar-refractivity contribution is 5.68. The van der Waals surface area contributed by atoms with E-state index in [4.69, 9.17) is 15.0 Å². The summed E-state index contributed by atoms with van der Waals surface area (Å²) in [6, 6.07) is 0. The van der Waals surface area contributed by atoms with Crippen LogP contribution in [0.2, 0.25) is 0 Å². The molecule has 6 heteroatoms. The molecule has 0 bridgehead atoms. The van der Waals surface area contributed by atoms with Crippen molar-refractivity contribution in [2.75, 3.05) is 0 Å². The predicted molar refractivity (Wildman–Crippen MR) is 125 cm³/mol. The summed E-state index contributed by atoms with van der Waals surface area (Å²) < 4.78 is 0. The highest BCUT2D eigenvalue weighted by atomic mass is 17.2. The predicted octanol–water partition coefficient (Wildman–Crippen LogP) is 7.65. The molecule has 0 saturated heterocycles. The maximum Gasteiger partial charge on any atom is 0.342 e. The molecule has 0 spiro atoms. The molecule has 186 valence electrons. The first-order chi connectivity index (χ1) is 14.1. The first-order valence-corrected chi connectivity index (χ1v) is 11.8. The van der Waals surface area contributed by atoms with E-state index < -0.39 is 5.97 Å². The lowest BCUT2D eigenvalue weighted by atomic mass is 9.89. The Balaban J connectivity index is 0. The van der Waals surface area contributed by atoms with E-state index in [0.717, 1.165) is 44.9 Å². The fraction of sp³-hybridized carbons (Fsp3) is 0.920. The average molecular weight is 447 g/mol. The monoisotopic (exact) mass is 446 g/mol. The van der Waals surface area contributed by atoms with Gasteiger partial charge in [0.25, 0.3) is 0 Å². The lowest BCUT2D eigenvalue weighted by Crippen LogP contribution is -2.25. The Hall–Kier alpha value is -1.14. The molecule has 0 aromatic rings. The molecular weight excluding hydrogens is 396 g/mol. The third-order valence-corrected chi connectivity index (χ3v) is 4.93. The van der Waals surface area contributed by atoms with Crippen LogP contribution in [0.4, 0.5) is 0 Å². The van der Waals surface area contributed by atoms with E-state index in [0.29, 0.717) is 23.7 Å². The van der Waals surface area contributed by atoms with Crippen LogP contribution in [0.15, 0.2) is 0 Å². The van der Waals surface area contributed by atoms with Gasteiger partial charge in [0.2, 0.25) is 0 Å². The van der Waals surface area contributed by atoms with Gasteiger partial charge in [0, 0.05) is 12.8 Å². The van der Waals surface area contributed by atoms with Crippen molar-refractivity contribution in [2.24, 2.45) is 10.8 Å². The largest absolute Gasteiger partial charge is 0.342 e. The average Bonchev–Trinajstić information content (AvgIpc) is 2.64. The van der Waals surface area contributed by atoms with Gasteiger partial charge < -0.3 is 4.89 Å². The van der Waals surface area contributed by atoms with Gasteiger partial charge in [-0.15, -0.1) is 0 Å². The summed E-state index contributed by atoms with van der Waals surface area (Å²) in [5.74, 6) is -0.789. The molecule has 6 nitrogen and oxygen atoms in total. The van der Waals surface area contributed by atoms with Gasteiger partial charge in [0.1, 0.15) is 5.60 Å². The Morgan fingerprint density at radius 2 is 1.10 bits per heavy atom. The lowest BCUT2D eigenvalue weighted by Gasteiger charge is -2.20. The number of hydrogen-bond acceptors (Lipinski definition) is 6. The van der Waals surface area contributed by atoms with Gasteiger partial charge in [-0.25, -0.2) is 9.59 Å². The van der Waals surface area contributed by atoms with Crippen LogP contribution in [0.3, 0.4) is 0 Å². The van der Waals surface area contributed by atoms with Crippen molar-refractivity contribution in [3.63, 3.8) is 0 Å². The highest BCUT2D eigenvalue weighted by Gasteiger charge is 2.19. The van der Waals surface area contributed by atoms with E-state index >= 15 is 0 Å². The standard InChI is InChI=1S/C15H30O3.C10H20O3/c1-7-15(5,6)18-17-13(16)11-9-8-10-12-14(2,3)4;1-10(2,3)8-6-4-5-7-9(11)13-12/h7-12H2,1-6H3;12H,4-8H2,1-3H3. The topological polar surface area (TPSA) is 82.1 Å². The number of unbranched alkanes of at least 4 members (excludes halogenated alkanes) is 4. The number of carbonyl (C=O) groups is 2. The van der Waals surface area contributed by atoms with Crippen molar-refractivity contribution in [3.8, 4) is 0 Å². The maximum atomic E-state index is 11.4. The van der Waals surface area contributed by atoms with Crippen LogP contribution in [0, 0.1) is 10.8 Å². The molecule has 0 atom stereocenters. The van der Waals surface area contributed by atoms with Gasteiger partial charge in [-0.3, -0.25) is 4.89 Å². The van der Waals surface area contributed by atoms with Gasteiger partial charge in [-0.05, 0) is 56.8 Å². The second-order valence-electron chi connectivity index (χ2n) is 11.4. The van der Waals surface area contributed by atoms with Crippen LogP contribution in [-0.2, 0) is 24.3 Å². The summed E-state index contributed by atoms with van der Waals surface area (Å²) in [4.78, 5) is 35.4. The molecule has 1 N–H and O–H groups in total. The summed E-state index contributed by atoms with van der Waals surface area (Å²) >= 11 is 0. The van der Waals surface area contributed by atoms with Crippen molar-refractivity contribution in [3.05, 3.63) is 0 Å². The summed E-state index contributed by atoms with van der Waals surface area (Å²) in [7, 11) is 0. The smallest absolute Gasteiger partial charge is 0.301 e. The van der Waals surface area contributed by atoms with Gasteiger partial charge >= 0.3 is 11.9 Å². The lowest BCUT2D eigenvalue weighted by molar-refractivity contribution is -0.325. The summed E-state index contributed by atoms with van der Waals surface area (Å²) in [5, 5.41) is 7.97. The molecule has 0 aliphatic heterocycles. The molecule has 0 heterocycles. The SMILES string of the molecule is CC(C)(C)CCCCCC(=O)OO.CCC(C)(C)OOC(=O)CCCCCC(C)(C)C. The van der Waals surface area contributed by atoms with E-state index in [9.17, 15) is 9.59 Å². The van der Waals surface area contributed by atoms with Crippen LogP contribution < -0.4 is 0 Å². The van der Waals surface area contributed by atoms with Crippen molar-refractivity contribution in [1.29, 1.82) is 0 Å². The normalized spacial score (nSPS) is 12.1. The molecular formula is C25H50O6. The summed E-state index contributed by atoms with van der Waals surface area (Å²) in [5.41, 5.74) is 0.369. The van der Waals surface area contributed by atoms with Crippen molar-refractivity contribution >= 4 is 11.9 Å². The van der Waals surface area contributed by atoms with E-state index in [2.05, 4.69) is 46.4 Å². The van der Waals surface area contributed by atoms with Gasteiger partial charge in [-0.1, -0.05) is 74.1 Å². The molecule has 0 rings (SSSR count). The first kappa shape index (κ1) is 32.0. The molecule has 0 amide bonds. The Bertz CT molecular complexity index is 471. The minimum atomic E-state index is -0.532. The Morgan fingerprint density at radius 3 is 1.45 bits per heavy atom. The molecule has 0 radical (unpaired) electrons. The minimum absolute atomic E-state index is 0.257. The molecule has 0 aliphatic carbocycles. The molecule has 0 saturated carbocycles. The Labute approximate surface area is 191 Å². The molecule has 0 fully saturated rings. The van der Waals surface area contributed by atoms with Gasteiger partial charge in [0.05, 0.1) is 0 Å². The fourth-order valence-corrected chi connectivity index (χ4v) is 2.51.